The Morgan fingerprint density at radius 3 is 2.87 bits per heavy atom. The zero-order valence-corrected chi connectivity index (χ0v) is 8.94. The van der Waals surface area contributed by atoms with Crippen LogP contribution in [0.2, 0.25) is 5.02 Å². The van der Waals surface area contributed by atoms with E-state index >= 15 is 0 Å². The van der Waals surface area contributed by atoms with E-state index in [0.29, 0.717) is 5.02 Å². The fraction of sp³-hybridized carbons (Fsp3) is 0. The van der Waals surface area contributed by atoms with Crippen molar-refractivity contribution in [2.45, 2.75) is 0 Å². The number of nitrogens with one attached hydrogen (secondary N) is 1. The highest BCUT2D eigenvalue weighted by molar-refractivity contribution is 7.71. The molecular weight excluding hydrogens is 239 g/mol. The molecule has 7 heteroatoms. The number of halogens is 2. The topological polar surface area (TPSA) is 59.6 Å². The van der Waals surface area contributed by atoms with Gasteiger partial charge in [-0.15, -0.1) is 5.10 Å². The van der Waals surface area contributed by atoms with E-state index in [1.807, 2.05) is 0 Å². The first kappa shape index (κ1) is 10.1. The van der Waals surface area contributed by atoms with Crippen molar-refractivity contribution < 1.29 is 4.39 Å². The van der Waals surface area contributed by atoms with E-state index in [1.165, 1.54) is 22.8 Å². The fourth-order valence-corrected chi connectivity index (χ4v) is 1.60. The second kappa shape index (κ2) is 3.63. The van der Waals surface area contributed by atoms with E-state index in [2.05, 4.69) is 10.2 Å². The number of nitrogens with two attached hydrogens (primary N) is 1. The van der Waals surface area contributed by atoms with Crippen LogP contribution < -0.4 is 5.73 Å². The number of hydrogen-bond donors (Lipinski definition) is 2. The Labute approximate surface area is 94.5 Å². The maximum atomic E-state index is 13.5. The normalized spacial score (nSPS) is 10.5. The van der Waals surface area contributed by atoms with Crippen LogP contribution in [0.25, 0.3) is 5.69 Å². The highest BCUT2D eigenvalue weighted by Crippen LogP contribution is 2.20. The van der Waals surface area contributed by atoms with Gasteiger partial charge in [-0.2, -0.15) is 0 Å². The van der Waals surface area contributed by atoms with Crippen molar-refractivity contribution in [1.82, 2.24) is 14.8 Å². The molecule has 3 N–H and O–H groups in total. The largest absolute Gasteiger partial charge is 0.368 e. The lowest BCUT2D eigenvalue weighted by Gasteiger charge is -2.05. The summed E-state index contributed by atoms with van der Waals surface area (Å²) in [6, 6.07) is 4.12. The summed E-state index contributed by atoms with van der Waals surface area (Å²) in [4.78, 5) is 0. The third-order valence-corrected chi connectivity index (χ3v) is 2.36. The molecular formula is C8H6ClFN4S. The van der Waals surface area contributed by atoms with Gasteiger partial charge in [0.15, 0.2) is 0 Å². The summed E-state index contributed by atoms with van der Waals surface area (Å²) in [5.41, 5.74) is 5.72. The molecule has 78 valence electrons. The zero-order valence-electron chi connectivity index (χ0n) is 7.37. The molecule has 0 aliphatic rings. The maximum Gasteiger partial charge on any atom is 0.225 e. The summed E-state index contributed by atoms with van der Waals surface area (Å²) in [5.74, 6) is -0.384. The van der Waals surface area contributed by atoms with Crippen LogP contribution in [0.3, 0.4) is 0 Å². The Morgan fingerprint density at radius 2 is 2.27 bits per heavy atom. The van der Waals surface area contributed by atoms with Crippen LogP contribution >= 0.6 is 23.8 Å². The summed E-state index contributed by atoms with van der Waals surface area (Å²) in [7, 11) is 0. The smallest absolute Gasteiger partial charge is 0.225 e. The molecule has 0 saturated carbocycles. The van der Waals surface area contributed by atoms with Crippen molar-refractivity contribution in [3.8, 4) is 5.69 Å². The van der Waals surface area contributed by atoms with Gasteiger partial charge >= 0.3 is 0 Å². The molecule has 4 nitrogen and oxygen atoms in total. The SMILES string of the molecule is Nc1n[nH]c(=S)n1-c1cc(Cl)ccc1F. The lowest BCUT2D eigenvalue weighted by molar-refractivity contribution is 0.618. The van der Waals surface area contributed by atoms with Gasteiger partial charge in [-0.1, -0.05) is 11.6 Å². The minimum atomic E-state index is -0.469. The predicted molar refractivity (Wildman–Crippen MR) is 58.1 cm³/mol. The van der Waals surface area contributed by atoms with Crippen molar-refractivity contribution in [1.29, 1.82) is 0 Å². The Hall–Kier alpha value is -1.40. The van der Waals surface area contributed by atoms with Gasteiger partial charge in [0.2, 0.25) is 10.7 Å². The Kier molecular flexibility index (Phi) is 2.45. The molecule has 0 fully saturated rings. The van der Waals surface area contributed by atoms with Gasteiger partial charge in [0.05, 0.1) is 5.69 Å². The summed E-state index contributed by atoms with van der Waals surface area (Å²) >= 11 is 10.7. The number of aromatic nitrogens is 3. The van der Waals surface area contributed by atoms with E-state index in [1.54, 1.807) is 0 Å². The molecule has 1 aromatic heterocycles. The third-order valence-electron chi connectivity index (χ3n) is 1.85. The molecule has 0 aliphatic heterocycles. The molecule has 15 heavy (non-hydrogen) atoms. The highest BCUT2D eigenvalue weighted by atomic mass is 35.5. The molecule has 0 atom stereocenters. The van der Waals surface area contributed by atoms with Crippen LogP contribution in [0.1, 0.15) is 0 Å². The van der Waals surface area contributed by atoms with Gasteiger partial charge in [0.25, 0.3) is 0 Å². The van der Waals surface area contributed by atoms with Crippen molar-refractivity contribution in [2.75, 3.05) is 5.73 Å². The van der Waals surface area contributed by atoms with Gasteiger partial charge in [0, 0.05) is 5.02 Å². The number of aromatic amines is 1. The lowest BCUT2D eigenvalue weighted by Crippen LogP contribution is -2.03. The fourth-order valence-electron chi connectivity index (χ4n) is 1.20. The average molecular weight is 245 g/mol. The second-order valence-electron chi connectivity index (χ2n) is 2.82. The van der Waals surface area contributed by atoms with Gasteiger partial charge in [-0.25, -0.2) is 9.49 Å². The summed E-state index contributed by atoms with van der Waals surface area (Å²) in [5, 5.41) is 6.54. The molecule has 0 amide bonds. The predicted octanol–water partition coefficient (Wildman–Crippen LogP) is 2.30. The Morgan fingerprint density at radius 1 is 1.53 bits per heavy atom. The summed E-state index contributed by atoms with van der Waals surface area (Å²) in [6.07, 6.45) is 0. The number of nitrogen functional groups attached to an aromatic ring is 1. The minimum Gasteiger partial charge on any atom is -0.368 e. The van der Waals surface area contributed by atoms with E-state index < -0.39 is 5.82 Å². The standard InChI is InChI=1S/C8H6ClFN4S/c9-4-1-2-5(10)6(3-4)14-7(11)12-13-8(14)15/h1-3H,(H2,11,12)(H,13,15). The van der Waals surface area contributed by atoms with E-state index in [4.69, 9.17) is 29.6 Å². The van der Waals surface area contributed by atoms with E-state index in [-0.39, 0.29) is 16.4 Å². The Bertz CT molecular complexity index is 562. The molecule has 1 heterocycles. The van der Waals surface area contributed by atoms with Crippen molar-refractivity contribution >= 4 is 29.8 Å². The number of hydrogen-bond acceptors (Lipinski definition) is 3. The minimum absolute atomic E-state index is 0.0844. The van der Waals surface area contributed by atoms with Crippen molar-refractivity contribution in [3.63, 3.8) is 0 Å². The molecule has 0 bridgehead atoms. The number of H-pyrrole nitrogens is 1. The number of anilines is 1. The number of rotatable bonds is 1. The van der Waals surface area contributed by atoms with Gasteiger partial charge in [-0.05, 0) is 30.4 Å². The van der Waals surface area contributed by atoms with Crippen LogP contribution in [0.5, 0.6) is 0 Å². The zero-order chi connectivity index (χ0) is 11.0. The summed E-state index contributed by atoms with van der Waals surface area (Å²) < 4.78 is 15.0. The average Bonchev–Trinajstić information content (AvgIpc) is 2.51. The van der Waals surface area contributed by atoms with Crippen LogP contribution in [0.15, 0.2) is 18.2 Å². The van der Waals surface area contributed by atoms with Gasteiger partial charge < -0.3 is 5.73 Å². The van der Waals surface area contributed by atoms with E-state index in [0.717, 1.165) is 0 Å². The maximum absolute atomic E-state index is 13.5. The molecule has 0 spiro atoms. The first-order valence-electron chi connectivity index (χ1n) is 3.98. The summed E-state index contributed by atoms with van der Waals surface area (Å²) in [6.45, 7) is 0. The first-order valence-corrected chi connectivity index (χ1v) is 4.76. The molecule has 0 aliphatic carbocycles. The molecule has 2 rings (SSSR count). The first-order chi connectivity index (χ1) is 7.09. The van der Waals surface area contributed by atoms with Crippen LogP contribution in [0, 0.1) is 10.6 Å². The molecule has 1 aromatic carbocycles. The Balaban J connectivity index is 2.74. The van der Waals surface area contributed by atoms with Crippen LogP contribution in [-0.2, 0) is 0 Å². The molecule has 0 radical (unpaired) electrons. The molecule has 0 saturated heterocycles. The van der Waals surface area contributed by atoms with Crippen molar-refractivity contribution in [2.24, 2.45) is 0 Å². The van der Waals surface area contributed by atoms with Gasteiger partial charge in [0.1, 0.15) is 5.82 Å². The second-order valence-corrected chi connectivity index (χ2v) is 3.64. The molecule has 0 unspecified atom stereocenters. The van der Waals surface area contributed by atoms with E-state index in [9.17, 15) is 4.39 Å². The highest BCUT2D eigenvalue weighted by Gasteiger charge is 2.10. The monoisotopic (exact) mass is 244 g/mol. The molecule has 2 aromatic rings. The quantitative estimate of drug-likeness (QED) is 0.757. The third kappa shape index (κ3) is 1.73. The number of nitrogens with zero attached hydrogens (tertiary/aromatic N) is 2. The number of benzene rings is 1. The lowest BCUT2D eigenvalue weighted by atomic mass is 10.3. The van der Waals surface area contributed by atoms with Crippen molar-refractivity contribution in [3.05, 3.63) is 33.8 Å². The van der Waals surface area contributed by atoms with Gasteiger partial charge in [-0.3, -0.25) is 4.57 Å². The van der Waals surface area contributed by atoms with Crippen LogP contribution in [-0.4, -0.2) is 14.8 Å². The van der Waals surface area contributed by atoms with Crippen LogP contribution in [0.4, 0.5) is 10.3 Å².